The lowest BCUT2D eigenvalue weighted by Gasteiger charge is -2.08. The van der Waals surface area contributed by atoms with Crippen LogP contribution in [0.2, 0.25) is 0 Å². The lowest BCUT2D eigenvalue weighted by molar-refractivity contribution is 0.273. The van der Waals surface area contributed by atoms with Gasteiger partial charge in [-0.25, -0.2) is 9.50 Å². The van der Waals surface area contributed by atoms with Crippen molar-refractivity contribution in [1.82, 2.24) is 19.2 Å². The van der Waals surface area contributed by atoms with Crippen LogP contribution in [0.5, 0.6) is 0 Å². The summed E-state index contributed by atoms with van der Waals surface area (Å²) in [5.74, 6) is 0. The van der Waals surface area contributed by atoms with Crippen molar-refractivity contribution in [3.63, 3.8) is 0 Å². The third-order valence-electron chi connectivity index (χ3n) is 3.94. The Morgan fingerprint density at radius 2 is 1.91 bits per heavy atom. The van der Waals surface area contributed by atoms with Gasteiger partial charge < -0.3 is 9.67 Å². The van der Waals surface area contributed by atoms with Gasteiger partial charge in [-0.1, -0.05) is 30.3 Å². The first kappa shape index (κ1) is 13.7. The molecule has 2 N–H and O–H groups in total. The van der Waals surface area contributed by atoms with Crippen molar-refractivity contribution in [3.8, 4) is 11.1 Å². The Hall–Kier alpha value is -2.99. The predicted molar refractivity (Wildman–Crippen MR) is 86.9 cm³/mol. The van der Waals surface area contributed by atoms with Gasteiger partial charge >= 0.3 is 0 Å². The number of aliphatic hydroxyl groups excluding tert-OH is 1. The van der Waals surface area contributed by atoms with Crippen LogP contribution in [-0.4, -0.2) is 30.9 Å². The van der Waals surface area contributed by atoms with Crippen molar-refractivity contribution in [2.24, 2.45) is 0 Å². The lowest BCUT2D eigenvalue weighted by Crippen LogP contribution is -2.22. The first-order chi connectivity index (χ1) is 11.3. The Morgan fingerprint density at radius 3 is 2.70 bits per heavy atom. The van der Waals surface area contributed by atoms with Crippen molar-refractivity contribution >= 4 is 16.6 Å². The number of nitrogens with zero attached hydrogens (tertiary/aromatic N) is 4. The van der Waals surface area contributed by atoms with E-state index in [0.29, 0.717) is 17.4 Å². The number of hydrogen-bond acceptors (Lipinski definition) is 4. The molecule has 0 amide bonds. The summed E-state index contributed by atoms with van der Waals surface area (Å²) in [4.78, 5) is 4.51. The fourth-order valence-electron chi connectivity index (χ4n) is 2.80. The molecule has 4 aromatic rings. The Balaban J connectivity index is 1.99. The molecule has 6 nitrogen and oxygen atoms in total. The number of aromatic nitrogens is 4. The van der Waals surface area contributed by atoms with Crippen LogP contribution in [0.1, 0.15) is 0 Å². The van der Waals surface area contributed by atoms with E-state index >= 15 is 0 Å². The number of benzene rings is 1. The van der Waals surface area contributed by atoms with Crippen LogP contribution in [0.4, 0.5) is 0 Å². The third kappa shape index (κ3) is 2.11. The normalized spacial score (nSPS) is 11.3. The van der Waals surface area contributed by atoms with Crippen molar-refractivity contribution < 1.29 is 5.11 Å². The van der Waals surface area contributed by atoms with Crippen LogP contribution < -0.4 is 5.49 Å². The van der Waals surface area contributed by atoms with Crippen LogP contribution >= 0.6 is 0 Å². The van der Waals surface area contributed by atoms with E-state index in [-0.39, 0.29) is 6.61 Å². The van der Waals surface area contributed by atoms with Crippen LogP contribution in [0.3, 0.4) is 0 Å². The molecule has 6 heteroatoms. The average Bonchev–Trinajstić information content (AvgIpc) is 3.02. The highest BCUT2D eigenvalue weighted by Crippen LogP contribution is 2.24. The van der Waals surface area contributed by atoms with Crippen molar-refractivity contribution in [2.75, 3.05) is 6.61 Å². The average molecular weight is 305 g/mol. The second-order valence-electron chi connectivity index (χ2n) is 5.30. The maximum Gasteiger partial charge on any atom is 0.163 e. The Bertz CT molecular complexity index is 1050. The first-order valence-corrected chi connectivity index (χ1v) is 7.36. The van der Waals surface area contributed by atoms with E-state index in [1.807, 2.05) is 36.4 Å². The monoisotopic (exact) mass is 305 g/mol. The van der Waals surface area contributed by atoms with Gasteiger partial charge in [-0.05, 0) is 11.6 Å². The van der Waals surface area contributed by atoms with E-state index in [4.69, 9.17) is 10.5 Å². The standard InChI is InChI=1S/C17H15N5O/c18-16-14-10-19-17-13(12-4-2-1-3-5-12)11-20-22(17)15(14)6-7-21(16)8-9-23/h1-7,10-11,18,23H,8-9H2. The third-order valence-corrected chi connectivity index (χ3v) is 3.94. The molecule has 0 unspecified atom stereocenters. The largest absolute Gasteiger partial charge is 0.395 e. The molecule has 4 rings (SSSR count). The van der Waals surface area contributed by atoms with Gasteiger partial charge in [0.25, 0.3) is 0 Å². The van der Waals surface area contributed by atoms with Gasteiger partial charge in [0.15, 0.2) is 5.65 Å². The molecule has 23 heavy (non-hydrogen) atoms. The number of pyridine rings is 1. The number of aliphatic hydroxyl groups is 1. The van der Waals surface area contributed by atoms with Gasteiger partial charge in [0.2, 0.25) is 0 Å². The topological polar surface area (TPSA) is 79.2 Å². The van der Waals surface area contributed by atoms with Crippen LogP contribution in [0.25, 0.3) is 27.7 Å². The number of rotatable bonds is 3. The molecule has 0 aliphatic carbocycles. The maximum absolute atomic E-state index is 9.08. The second kappa shape index (κ2) is 5.33. The van der Waals surface area contributed by atoms with E-state index in [1.54, 1.807) is 27.7 Å². The second-order valence-corrected chi connectivity index (χ2v) is 5.30. The molecule has 114 valence electrons. The van der Waals surface area contributed by atoms with E-state index in [0.717, 1.165) is 22.3 Å². The van der Waals surface area contributed by atoms with Crippen molar-refractivity contribution in [1.29, 1.82) is 5.41 Å². The van der Waals surface area contributed by atoms with Gasteiger partial charge in [-0.15, -0.1) is 0 Å². The smallest absolute Gasteiger partial charge is 0.163 e. The minimum absolute atomic E-state index is 0.00233. The summed E-state index contributed by atoms with van der Waals surface area (Å²) in [5.41, 5.74) is 3.94. The van der Waals surface area contributed by atoms with Gasteiger partial charge in [0.1, 0.15) is 5.49 Å². The van der Waals surface area contributed by atoms with Crippen molar-refractivity contribution in [3.05, 3.63) is 60.5 Å². The molecule has 1 aromatic carbocycles. The van der Waals surface area contributed by atoms with Gasteiger partial charge in [0, 0.05) is 24.5 Å². The van der Waals surface area contributed by atoms with E-state index < -0.39 is 0 Å². The fourth-order valence-corrected chi connectivity index (χ4v) is 2.80. The van der Waals surface area contributed by atoms with Gasteiger partial charge in [-0.2, -0.15) is 5.10 Å². The van der Waals surface area contributed by atoms with Gasteiger partial charge in [0.05, 0.1) is 23.7 Å². The van der Waals surface area contributed by atoms with E-state index in [9.17, 15) is 0 Å². The minimum atomic E-state index is -0.00233. The highest BCUT2D eigenvalue weighted by molar-refractivity contribution is 5.84. The molecule has 0 spiro atoms. The molecule has 0 bridgehead atoms. The van der Waals surface area contributed by atoms with Crippen molar-refractivity contribution in [2.45, 2.75) is 6.54 Å². The van der Waals surface area contributed by atoms with Crippen LogP contribution in [-0.2, 0) is 6.54 Å². The summed E-state index contributed by atoms with van der Waals surface area (Å²) in [7, 11) is 0. The summed E-state index contributed by atoms with van der Waals surface area (Å²) in [6, 6.07) is 11.9. The summed E-state index contributed by atoms with van der Waals surface area (Å²) in [6.45, 7) is 0.388. The molecule has 3 heterocycles. The summed E-state index contributed by atoms with van der Waals surface area (Å²) in [6.07, 6.45) is 5.30. The zero-order chi connectivity index (χ0) is 15.8. The first-order valence-electron chi connectivity index (χ1n) is 7.36. The number of fused-ring (bicyclic) bond motifs is 3. The van der Waals surface area contributed by atoms with Crippen LogP contribution in [0.15, 0.2) is 55.0 Å². The quantitative estimate of drug-likeness (QED) is 0.606. The number of hydrogen-bond donors (Lipinski definition) is 2. The molecule has 0 atom stereocenters. The number of nitrogens with one attached hydrogen (secondary N) is 1. The maximum atomic E-state index is 9.08. The summed E-state index contributed by atoms with van der Waals surface area (Å²) in [5, 5.41) is 22.5. The SMILES string of the molecule is N=c1c2cnc3c(-c4ccccc4)cnn3c2ccn1CCO. The zero-order valence-electron chi connectivity index (χ0n) is 12.3. The molecule has 3 aromatic heterocycles. The Morgan fingerprint density at radius 1 is 1.09 bits per heavy atom. The molecule has 0 saturated carbocycles. The molecule has 0 fully saturated rings. The zero-order valence-corrected chi connectivity index (χ0v) is 12.3. The molecule has 0 aliphatic rings. The van der Waals surface area contributed by atoms with Gasteiger partial charge in [-0.3, -0.25) is 5.41 Å². The Kier molecular flexibility index (Phi) is 3.17. The minimum Gasteiger partial charge on any atom is -0.395 e. The highest BCUT2D eigenvalue weighted by Gasteiger charge is 2.11. The van der Waals surface area contributed by atoms with E-state index in [2.05, 4.69) is 10.1 Å². The molecular weight excluding hydrogens is 290 g/mol. The fraction of sp³-hybridized carbons (Fsp3) is 0.118. The van der Waals surface area contributed by atoms with Crippen LogP contribution in [0, 0.1) is 5.41 Å². The molecule has 0 radical (unpaired) electrons. The molecule has 0 aliphatic heterocycles. The van der Waals surface area contributed by atoms with E-state index in [1.165, 1.54) is 0 Å². The highest BCUT2D eigenvalue weighted by atomic mass is 16.3. The Labute approximate surface area is 131 Å². The summed E-state index contributed by atoms with van der Waals surface area (Å²) < 4.78 is 3.45. The molecule has 0 saturated heterocycles. The predicted octanol–water partition coefficient (Wildman–Crippen LogP) is 1.82. The molecular formula is C17H15N5O. The lowest BCUT2D eigenvalue weighted by atomic mass is 10.1. The summed E-state index contributed by atoms with van der Waals surface area (Å²) >= 11 is 0.